The first-order chi connectivity index (χ1) is 13.1. The summed E-state index contributed by atoms with van der Waals surface area (Å²) in [6, 6.07) is 6.33. The minimum Gasteiger partial charge on any atom is -0.377 e. The Kier molecular flexibility index (Phi) is 4.55. The molecule has 0 aromatic carbocycles. The van der Waals surface area contributed by atoms with Crippen LogP contribution in [0, 0.1) is 0 Å². The van der Waals surface area contributed by atoms with Crippen molar-refractivity contribution >= 4 is 11.8 Å². The lowest BCUT2D eigenvalue weighted by Gasteiger charge is -2.21. The lowest BCUT2D eigenvalue weighted by atomic mass is 10.1. The fraction of sp³-hybridized carbons (Fsp3) is 0.353. The molecule has 0 saturated carbocycles. The third-order valence-corrected chi connectivity index (χ3v) is 4.29. The molecule has 10 heteroatoms. The van der Waals surface area contributed by atoms with Crippen LogP contribution >= 0.6 is 0 Å². The quantitative estimate of drug-likeness (QED) is 0.688. The highest BCUT2D eigenvalue weighted by molar-refractivity contribution is 5.41. The molecular formula is C17H20N8O2. The molecule has 1 aliphatic rings. The minimum atomic E-state index is -0.259. The van der Waals surface area contributed by atoms with Crippen molar-refractivity contribution in [3.8, 4) is 5.82 Å². The molecule has 0 radical (unpaired) electrons. The smallest absolute Gasteiger partial charge is 0.267 e. The van der Waals surface area contributed by atoms with Crippen LogP contribution < -0.4 is 15.8 Å². The Hall–Kier alpha value is -3.27. The summed E-state index contributed by atoms with van der Waals surface area (Å²) in [4.78, 5) is 22.9. The Morgan fingerprint density at radius 2 is 2.11 bits per heavy atom. The topological polar surface area (TPSA) is 103 Å². The van der Waals surface area contributed by atoms with Gasteiger partial charge in [-0.25, -0.2) is 14.3 Å². The van der Waals surface area contributed by atoms with Gasteiger partial charge in [-0.2, -0.15) is 10.1 Å². The first kappa shape index (κ1) is 17.2. The predicted octanol–water partition coefficient (Wildman–Crippen LogP) is 0.337. The Bertz CT molecular complexity index is 969. The molecule has 140 valence electrons. The van der Waals surface area contributed by atoms with E-state index in [0.717, 1.165) is 0 Å². The normalized spacial score (nSPS) is 19.2. The summed E-state index contributed by atoms with van der Waals surface area (Å²) in [7, 11) is 3.76. The summed E-state index contributed by atoms with van der Waals surface area (Å²) < 4.78 is 8.69. The van der Waals surface area contributed by atoms with Gasteiger partial charge in [0, 0.05) is 38.8 Å². The van der Waals surface area contributed by atoms with Crippen LogP contribution in [-0.2, 0) is 4.74 Å². The molecule has 1 aliphatic heterocycles. The highest BCUT2D eigenvalue weighted by Crippen LogP contribution is 2.21. The molecule has 3 aromatic rings. The molecule has 0 bridgehead atoms. The molecule has 1 fully saturated rings. The van der Waals surface area contributed by atoms with E-state index in [4.69, 9.17) is 4.74 Å². The molecule has 4 rings (SSSR count). The number of hydrogen-bond acceptors (Lipinski definition) is 8. The average molecular weight is 368 g/mol. The van der Waals surface area contributed by atoms with Crippen molar-refractivity contribution in [3.05, 3.63) is 53.2 Å². The van der Waals surface area contributed by atoms with Crippen LogP contribution in [0.2, 0.25) is 0 Å². The number of hydrogen-bond donors (Lipinski definition) is 1. The van der Waals surface area contributed by atoms with Crippen LogP contribution in [0.25, 0.3) is 5.82 Å². The Morgan fingerprint density at radius 1 is 1.22 bits per heavy atom. The van der Waals surface area contributed by atoms with Crippen LogP contribution in [0.4, 0.5) is 11.8 Å². The fourth-order valence-electron chi connectivity index (χ4n) is 2.94. The highest BCUT2D eigenvalue weighted by atomic mass is 16.5. The van der Waals surface area contributed by atoms with Gasteiger partial charge in [-0.3, -0.25) is 4.79 Å². The van der Waals surface area contributed by atoms with Gasteiger partial charge in [0.2, 0.25) is 5.95 Å². The summed E-state index contributed by atoms with van der Waals surface area (Å²) in [5, 5.41) is 12.0. The van der Waals surface area contributed by atoms with Gasteiger partial charge in [-0.05, 0) is 18.2 Å². The van der Waals surface area contributed by atoms with Gasteiger partial charge < -0.3 is 15.0 Å². The van der Waals surface area contributed by atoms with E-state index in [1.54, 1.807) is 41.5 Å². The monoisotopic (exact) mass is 368 g/mol. The molecule has 2 atom stereocenters. The highest BCUT2D eigenvalue weighted by Gasteiger charge is 2.32. The molecule has 2 unspecified atom stereocenters. The van der Waals surface area contributed by atoms with Gasteiger partial charge in [0.05, 0.1) is 19.3 Å². The van der Waals surface area contributed by atoms with E-state index >= 15 is 0 Å². The molecule has 1 N–H and O–H groups in total. The Labute approximate surface area is 155 Å². The number of nitrogens with zero attached hydrogens (tertiary/aromatic N) is 7. The van der Waals surface area contributed by atoms with Crippen molar-refractivity contribution in [2.75, 3.05) is 37.5 Å². The van der Waals surface area contributed by atoms with Crippen molar-refractivity contribution < 1.29 is 4.74 Å². The zero-order valence-corrected chi connectivity index (χ0v) is 15.1. The van der Waals surface area contributed by atoms with E-state index in [-0.39, 0.29) is 17.6 Å². The second-order valence-electron chi connectivity index (χ2n) is 6.42. The van der Waals surface area contributed by atoms with Gasteiger partial charge in [0.1, 0.15) is 11.9 Å². The molecule has 4 heterocycles. The molecule has 1 saturated heterocycles. The largest absolute Gasteiger partial charge is 0.377 e. The lowest BCUT2D eigenvalue weighted by Crippen LogP contribution is -2.37. The summed E-state index contributed by atoms with van der Waals surface area (Å²) in [6.07, 6.45) is 5.14. The average Bonchev–Trinajstić information content (AvgIpc) is 3.35. The van der Waals surface area contributed by atoms with Crippen LogP contribution in [0.15, 0.2) is 47.7 Å². The third-order valence-electron chi connectivity index (χ3n) is 4.29. The van der Waals surface area contributed by atoms with Crippen molar-refractivity contribution in [2.45, 2.75) is 12.1 Å². The Balaban J connectivity index is 1.61. The van der Waals surface area contributed by atoms with E-state index in [1.807, 2.05) is 19.0 Å². The Morgan fingerprint density at radius 3 is 2.89 bits per heavy atom. The number of ether oxygens (including phenoxy) is 1. The van der Waals surface area contributed by atoms with E-state index in [9.17, 15) is 4.79 Å². The second kappa shape index (κ2) is 7.16. The zero-order chi connectivity index (χ0) is 18.8. The van der Waals surface area contributed by atoms with E-state index in [0.29, 0.717) is 30.8 Å². The summed E-state index contributed by atoms with van der Waals surface area (Å²) in [6.45, 7) is 0.838. The molecule has 0 amide bonds. The van der Waals surface area contributed by atoms with Gasteiger partial charge in [-0.15, -0.1) is 5.10 Å². The lowest BCUT2D eigenvalue weighted by molar-refractivity contribution is 0.182. The van der Waals surface area contributed by atoms with Crippen molar-refractivity contribution in [1.29, 1.82) is 0 Å². The first-order valence-corrected chi connectivity index (χ1v) is 8.56. The molecule has 0 spiro atoms. The van der Waals surface area contributed by atoms with Gasteiger partial charge >= 0.3 is 0 Å². The summed E-state index contributed by atoms with van der Waals surface area (Å²) in [5.74, 6) is 1.85. The van der Waals surface area contributed by atoms with Crippen LogP contribution in [0.3, 0.4) is 0 Å². The van der Waals surface area contributed by atoms with E-state index in [2.05, 4.69) is 25.5 Å². The number of rotatable bonds is 5. The standard InChI is InChI=1S/C17H20N8O2/c1-23(2)17-18-8-6-14(21-17)20-12-10-27-11-13(12)25-16(26)5-4-15(22-25)24-9-3-7-19-24/h3-9,12-13H,10-11H2,1-2H3,(H,18,20,21). The molecule has 27 heavy (non-hydrogen) atoms. The summed E-state index contributed by atoms with van der Waals surface area (Å²) in [5.41, 5.74) is -0.190. The predicted molar refractivity (Wildman–Crippen MR) is 99.2 cm³/mol. The fourth-order valence-corrected chi connectivity index (χ4v) is 2.94. The molecule has 3 aromatic heterocycles. The van der Waals surface area contributed by atoms with Crippen LogP contribution in [0.1, 0.15) is 6.04 Å². The van der Waals surface area contributed by atoms with E-state index < -0.39 is 0 Å². The number of aromatic nitrogens is 6. The van der Waals surface area contributed by atoms with Gasteiger partial charge in [0.25, 0.3) is 5.56 Å². The van der Waals surface area contributed by atoms with Crippen LogP contribution in [0.5, 0.6) is 0 Å². The maximum absolute atomic E-state index is 12.4. The zero-order valence-electron chi connectivity index (χ0n) is 15.1. The van der Waals surface area contributed by atoms with Crippen molar-refractivity contribution in [3.63, 3.8) is 0 Å². The van der Waals surface area contributed by atoms with E-state index in [1.165, 1.54) is 10.7 Å². The van der Waals surface area contributed by atoms with Crippen molar-refractivity contribution in [2.24, 2.45) is 0 Å². The van der Waals surface area contributed by atoms with Gasteiger partial charge in [-0.1, -0.05) is 0 Å². The second-order valence-corrected chi connectivity index (χ2v) is 6.42. The van der Waals surface area contributed by atoms with Gasteiger partial charge in [0.15, 0.2) is 5.82 Å². The SMILES string of the molecule is CN(C)c1nccc(NC2COCC2n2nc(-n3cccn3)ccc2=O)n1. The number of nitrogens with one attached hydrogen (secondary N) is 1. The summed E-state index contributed by atoms with van der Waals surface area (Å²) >= 11 is 0. The molecule has 0 aliphatic carbocycles. The maximum Gasteiger partial charge on any atom is 0.267 e. The first-order valence-electron chi connectivity index (χ1n) is 8.56. The molecule has 10 nitrogen and oxygen atoms in total. The maximum atomic E-state index is 12.4. The minimum absolute atomic E-state index is 0.145. The van der Waals surface area contributed by atoms with Crippen molar-refractivity contribution in [1.82, 2.24) is 29.5 Å². The third kappa shape index (κ3) is 3.51. The van der Waals surface area contributed by atoms with Crippen LogP contribution in [-0.4, -0.2) is 62.9 Å². The number of anilines is 2. The molecular weight excluding hydrogens is 348 g/mol.